The third kappa shape index (κ3) is 3.09. The Morgan fingerprint density at radius 1 is 0.750 bits per heavy atom. The molecule has 0 bridgehead atoms. The molecule has 0 spiro atoms. The number of nitrogens with zero attached hydrogens (tertiary/aromatic N) is 1. The van der Waals surface area contributed by atoms with Crippen molar-refractivity contribution in [3.8, 4) is 0 Å². The predicted molar refractivity (Wildman–Crippen MR) is 110 cm³/mol. The van der Waals surface area contributed by atoms with E-state index >= 15 is 0 Å². The summed E-state index contributed by atoms with van der Waals surface area (Å²) in [5.41, 5.74) is 2.53. The number of hydrogen-bond acceptors (Lipinski definition) is 1. The van der Waals surface area contributed by atoms with Crippen molar-refractivity contribution in [3.05, 3.63) is 84.9 Å². The molecule has 0 aliphatic carbocycles. The van der Waals surface area contributed by atoms with E-state index in [1.165, 1.54) is 22.0 Å². The molecule has 0 saturated carbocycles. The molecule has 1 nitrogen and oxygen atoms in total. The van der Waals surface area contributed by atoms with Crippen LogP contribution in [-0.4, -0.2) is 19.9 Å². The Balaban J connectivity index is 2.12. The third-order valence-corrected chi connectivity index (χ3v) is 9.02. The van der Waals surface area contributed by atoms with Crippen molar-refractivity contribution in [1.82, 2.24) is 0 Å². The van der Waals surface area contributed by atoms with Gasteiger partial charge in [-0.15, -0.1) is 0 Å². The fourth-order valence-electron chi connectivity index (χ4n) is 3.20. The normalized spacial score (nSPS) is 13.3. The van der Waals surface area contributed by atoms with Crippen molar-refractivity contribution in [3.63, 3.8) is 0 Å². The molecule has 0 N–H and O–H groups in total. The lowest BCUT2D eigenvalue weighted by atomic mass is 10.2. The Bertz CT molecular complexity index is 785. The molecule has 0 aliphatic rings. The summed E-state index contributed by atoms with van der Waals surface area (Å²) in [5.74, 6) is 0. The van der Waals surface area contributed by atoms with Crippen molar-refractivity contribution in [2.45, 2.75) is 6.92 Å². The van der Waals surface area contributed by atoms with Gasteiger partial charge in [-0.05, 0) is 43.3 Å². The minimum absolute atomic E-state index is 1.16. The fraction of sp³-hybridized carbons (Fsp3) is 0.182. The Morgan fingerprint density at radius 2 is 1.29 bits per heavy atom. The first-order chi connectivity index (χ1) is 11.7. The van der Waals surface area contributed by atoms with Gasteiger partial charge in [-0.1, -0.05) is 48.5 Å². The van der Waals surface area contributed by atoms with Crippen molar-refractivity contribution >= 4 is 29.2 Å². The summed E-state index contributed by atoms with van der Waals surface area (Å²) in [7, 11) is 0.757. The number of rotatable bonds is 5. The first-order valence-corrected chi connectivity index (χ1v) is 10.9. The van der Waals surface area contributed by atoms with Gasteiger partial charge in [0.05, 0.1) is 31.1 Å². The monoisotopic (exact) mass is 334 g/mol. The molecule has 3 aromatic carbocycles. The maximum atomic E-state index is 2.46. The molecule has 1 unspecified atom stereocenters. The summed E-state index contributed by atoms with van der Waals surface area (Å²) in [6.07, 6.45) is 1.16. The van der Waals surface area contributed by atoms with Crippen molar-refractivity contribution in [2.75, 3.05) is 24.8 Å². The van der Waals surface area contributed by atoms with Crippen molar-refractivity contribution < 1.29 is 0 Å². The Labute approximate surface area is 146 Å². The zero-order valence-corrected chi connectivity index (χ0v) is 15.6. The lowest BCUT2D eigenvalue weighted by Crippen LogP contribution is -2.28. The molecule has 0 saturated heterocycles. The molecule has 24 heavy (non-hydrogen) atoms. The molecule has 0 aromatic heterocycles. The zero-order valence-electron chi connectivity index (χ0n) is 14.7. The first kappa shape index (κ1) is 16.7. The van der Waals surface area contributed by atoms with Gasteiger partial charge in [0.2, 0.25) is 0 Å². The minimum atomic E-state index is -1.41. The molecule has 2 heteroatoms. The third-order valence-electron chi connectivity index (χ3n) is 4.88. The summed E-state index contributed by atoms with van der Waals surface area (Å²) in [6.45, 7) is 4.78. The van der Waals surface area contributed by atoms with Crippen LogP contribution in [0.3, 0.4) is 0 Å². The van der Waals surface area contributed by atoms with Crippen LogP contribution in [0.25, 0.3) is 0 Å². The molecule has 0 aliphatic heterocycles. The quantitative estimate of drug-likeness (QED) is 0.589. The van der Waals surface area contributed by atoms with E-state index in [1.807, 2.05) is 0 Å². The Kier molecular flexibility index (Phi) is 5.02. The minimum Gasteiger partial charge on any atom is -0.341 e. The molecule has 3 aromatic rings. The van der Waals surface area contributed by atoms with Crippen LogP contribution >= 0.6 is 7.26 Å². The maximum absolute atomic E-state index is 2.46. The van der Waals surface area contributed by atoms with Gasteiger partial charge >= 0.3 is 0 Å². The zero-order chi connectivity index (χ0) is 17.0. The molecular weight excluding hydrogens is 309 g/mol. The summed E-state index contributed by atoms with van der Waals surface area (Å²) < 4.78 is 0. The van der Waals surface area contributed by atoms with Crippen LogP contribution in [0, 0.1) is 0 Å². The summed E-state index contributed by atoms with van der Waals surface area (Å²) in [4.78, 5) is 2.31. The predicted octanol–water partition coefficient (Wildman–Crippen LogP) is 5.07. The second-order valence-corrected chi connectivity index (χ2v) is 10.2. The molecular formula is C22H25NP+. The topological polar surface area (TPSA) is 3.24 Å². The van der Waals surface area contributed by atoms with Crippen LogP contribution in [0.5, 0.6) is 0 Å². The van der Waals surface area contributed by atoms with Gasteiger partial charge in [0, 0.05) is 12.7 Å². The van der Waals surface area contributed by atoms with Crippen LogP contribution < -0.4 is 15.5 Å². The van der Waals surface area contributed by atoms with Crippen LogP contribution in [0.2, 0.25) is 0 Å². The van der Waals surface area contributed by atoms with Gasteiger partial charge in [0.25, 0.3) is 0 Å². The number of benzene rings is 3. The second-order valence-electron chi connectivity index (χ2n) is 6.23. The number of hydrogen-bond donors (Lipinski definition) is 0. The Morgan fingerprint density at radius 3 is 1.92 bits per heavy atom. The van der Waals surface area contributed by atoms with Crippen LogP contribution in [0.1, 0.15) is 6.92 Å². The second kappa shape index (κ2) is 7.20. The van der Waals surface area contributed by atoms with Gasteiger partial charge in [0.15, 0.2) is 0 Å². The summed E-state index contributed by atoms with van der Waals surface area (Å²) >= 11 is 0. The molecule has 0 fully saturated rings. The van der Waals surface area contributed by atoms with Crippen LogP contribution in [0.4, 0.5) is 11.4 Å². The summed E-state index contributed by atoms with van der Waals surface area (Å²) in [5, 5.41) is 2.95. The van der Waals surface area contributed by atoms with Gasteiger partial charge in [0.1, 0.15) is 5.30 Å². The molecule has 1 atom stereocenters. The van der Waals surface area contributed by atoms with Crippen molar-refractivity contribution in [1.29, 1.82) is 0 Å². The van der Waals surface area contributed by atoms with Crippen LogP contribution in [0.15, 0.2) is 84.9 Å². The molecule has 3 rings (SSSR count). The smallest absolute Gasteiger partial charge is 0.122 e. The number of para-hydroxylation sites is 2. The van der Waals surface area contributed by atoms with Crippen LogP contribution in [-0.2, 0) is 0 Å². The average molecular weight is 334 g/mol. The maximum Gasteiger partial charge on any atom is 0.122 e. The van der Waals surface area contributed by atoms with E-state index in [0.29, 0.717) is 0 Å². The molecule has 122 valence electrons. The van der Waals surface area contributed by atoms with Crippen molar-refractivity contribution in [2.24, 2.45) is 0 Å². The van der Waals surface area contributed by atoms with E-state index in [-0.39, 0.29) is 0 Å². The lowest BCUT2D eigenvalue weighted by molar-refractivity contribution is 1.22. The van der Waals surface area contributed by atoms with Gasteiger partial charge in [-0.2, -0.15) is 0 Å². The van der Waals surface area contributed by atoms with E-state index in [1.54, 1.807) is 0 Å². The highest BCUT2D eigenvalue weighted by molar-refractivity contribution is 7.89. The molecule has 0 radical (unpaired) electrons. The highest BCUT2D eigenvalue weighted by Crippen LogP contribution is 2.54. The van der Waals surface area contributed by atoms with E-state index < -0.39 is 7.26 Å². The SMILES string of the molecule is CC[P+](C)(c1ccccc1)c1ccccc1N(C)c1ccccc1. The standard InChI is InChI=1S/C22H25NP/c1-4-24(3,20-15-9-6-10-16-20)22-18-12-11-17-21(22)23(2)19-13-7-5-8-14-19/h5-18H,4H2,1-3H3/q+1. The lowest BCUT2D eigenvalue weighted by Gasteiger charge is -2.28. The highest BCUT2D eigenvalue weighted by Gasteiger charge is 2.38. The molecule has 0 heterocycles. The molecule has 0 amide bonds. The highest BCUT2D eigenvalue weighted by atomic mass is 31.2. The van der Waals surface area contributed by atoms with E-state index in [9.17, 15) is 0 Å². The van der Waals surface area contributed by atoms with Gasteiger partial charge in [-0.25, -0.2) is 0 Å². The summed E-state index contributed by atoms with van der Waals surface area (Å²) in [6, 6.07) is 30.5. The first-order valence-electron chi connectivity index (χ1n) is 8.46. The average Bonchev–Trinajstić information content (AvgIpc) is 2.68. The van der Waals surface area contributed by atoms with Gasteiger partial charge < -0.3 is 4.90 Å². The fourth-order valence-corrected chi connectivity index (χ4v) is 6.16. The largest absolute Gasteiger partial charge is 0.341 e. The Hall–Kier alpha value is -2.11. The van der Waals surface area contributed by atoms with E-state index in [2.05, 4.69) is 110 Å². The van der Waals surface area contributed by atoms with Gasteiger partial charge in [-0.3, -0.25) is 0 Å². The number of anilines is 2. The van der Waals surface area contributed by atoms with E-state index in [4.69, 9.17) is 0 Å². The van der Waals surface area contributed by atoms with E-state index in [0.717, 1.165) is 6.16 Å².